The molecule has 0 saturated heterocycles. The minimum Gasteiger partial charge on any atom is -0.282 e. The van der Waals surface area contributed by atoms with E-state index in [1.54, 1.807) is 0 Å². The van der Waals surface area contributed by atoms with Gasteiger partial charge < -0.3 is 0 Å². The lowest BCUT2D eigenvalue weighted by Gasteiger charge is -2.04. The highest BCUT2D eigenvalue weighted by Crippen LogP contribution is 2.14. The molecule has 0 fully saturated rings. The fraction of sp³-hybridized carbons (Fsp3) is 0.143. The van der Waals surface area contributed by atoms with Gasteiger partial charge in [-0.05, 0) is 36.8 Å². The van der Waals surface area contributed by atoms with E-state index in [1.165, 1.54) is 0 Å². The summed E-state index contributed by atoms with van der Waals surface area (Å²) >= 11 is 1.96. The minimum absolute atomic E-state index is 0.341. The maximum atomic E-state index is 11.9. The molecule has 0 saturated carbocycles. The summed E-state index contributed by atoms with van der Waals surface area (Å²) in [6, 6.07) is 15.3. The van der Waals surface area contributed by atoms with E-state index in [4.69, 9.17) is 4.18 Å². The van der Waals surface area contributed by atoms with E-state index >= 15 is 0 Å². The fourth-order valence-electron chi connectivity index (χ4n) is 1.42. The van der Waals surface area contributed by atoms with Crippen LogP contribution in [0.15, 0.2) is 57.9 Å². The largest absolute Gasteiger partial charge is 0.282 e. The zero-order chi connectivity index (χ0) is 13.0. The molecule has 0 aliphatic rings. The third-order valence-corrected chi connectivity index (χ3v) is 3.98. The summed E-state index contributed by atoms with van der Waals surface area (Å²) in [6.45, 7) is 2.34. The van der Waals surface area contributed by atoms with Crippen LogP contribution in [0.1, 0.15) is 11.1 Å². The van der Waals surface area contributed by atoms with Gasteiger partial charge in [0.2, 0.25) is 0 Å². The first-order valence-electron chi connectivity index (χ1n) is 5.51. The van der Waals surface area contributed by atoms with Crippen molar-refractivity contribution in [3.63, 3.8) is 0 Å². The van der Waals surface area contributed by atoms with Crippen LogP contribution in [-0.2, 0) is 21.9 Å². The second-order valence-electron chi connectivity index (χ2n) is 3.94. The van der Waals surface area contributed by atoms with Crippen molar-refractivity contribution in [2.24, 2.45) is 0 Å². The van der Waals surface area contributed by atoms with Gasteiger partial charge in [0.25, 0.3) is 0 Å². The molecule has 0 aliphatic carbocycles. The highest BCUT2D eigenvalue weighted by Gasteiger charge is 2.04. The van der Waals surface area contributed by atoms with Gasteiger partial charge in [-0.25, -0.2) is 4.21 Å². The van der Waals surface area contributed by atoms with Crippen molar-refractivity contribution in [3.8, 4) is 0 Å². The third kappa shape index (κ3) is 3.77. The molecule has 1 unspecified atom stereocenters. The maximum Gasteiger partial charge on any atom is 0.189 e. The van der Waals surface area contributed by atoms with E-state index in [1.807, 2.05) is 55.5 Å². The van der Waals surface area contributed by atoms with E-state index in [2.05, 4.69) is 15.9 Å². The molecule has 0 bridgehead atoms. The topological polar surface area (TPSA) is 26.3 Å². The highest BCUT2D eigenvalue weighted by molar-refractivity contribution is 9.10. The zero-order valence-corrected chi connectivity index (χ0v) is 12.3. The highest BCUT2D eigenvalue weighted by atomic mass is 79.9. The fourth-order valence-corrected chi connectivity index (χ4v) is 2.42. The lowest BCUT2D eigenvalue weighted by Crippen LogP contribution is -1.98. The van der Waals surface area contributed by atoms with Gasteiger partial charge in [-0.15, -0.1) is 0 Å². The molecule has 0 N–H and O–H groups in total. The van der Waals surface area contributed by atoms with Crippen molar-refractivity contribution in [2.75, 3.05) is 0 Å². The van der Waals surface area contributed by atoms with Gasteiger partial charge in [-0.3, -0.25) is 4.18 Å². The molecule has 4 heteroatoms. The Morgan fingerprint density at radius 2 is 1.67 bits per heavy atom. The molecule has 2 aromatic carbocycles. The van der Waals surface area contributed by atoms with Gasteiger partial charge in [0.15, 0.2) is 11.1 Å². The molecule has 1 atom stereocenters. The summed E-state index contributed by atoms with van der Waals surface area (Å²) in [5.74, 6) is 0. The van der Waals surface area contributed by atoms with E-state index < -0.39 is 11.1 Å². The van der Waals surface area contributed by atoms with Crippen molar-refractivity contribution in [1.29, 1.82) is 0 Å². The first-order valence-corrected chi connectivity index (χ1v) is 7.38. The Balaban J connectivity index is 1.96. The summed E-state index contributed by atoms with van der Waals surface area (Å²) in [5.41, 5.74) is 2.14. The van der Waals surface area contributed by atoms with Crippen molar-refractivity contribution < 1.29 is 8.39 Å². The summed E-state index contributed by atoms with van der Waals surface area (Å²) in [6.07, 6.45) is 0. The number of halogens is 1. The number of hydrogen-bond acceptors (Lipinski definition) is 2. The van der Waals surface area contributed by atoms with Crippen molar-refractivity contribution >= 4 is 27.0 Å². The van der Waals surface area contributed by atoms with Crippen molar-refractivity contribution in [3.05, 3.63) is 64.1 Å². The second-order valence-corrected chi connectivity index (χ2v) is 6.03. The van der Waals surface area contributed by atoms with E-state index in [0.717, 1.165) is 15.6 Å². The van der Waals surface area contributed by atoms with Gasteiger partial charge >= 0.3 is 0 Å². The molecular formula is C14H13BrO2S. The molecule has 2 nitrogen and oxygen atoms in total. The molecule has 2 aromatic rings. The van der Waals surface area contributed by atoms with Crippen molar-refractivity contribution in [2.45, 2.75) is 18.4 Å². The van der Waals surface area contributed by atoms with Crippen LogP contribution in [0.25, 0.3) is 0 Å². The first-order chi connectivity index (χ1) is 8.65. The molecular weight excluding hydrogens is 312 g/mol. The van der Waals surface area contributed by atoms with Crippen LogP contribution in [0.4, 0.5) is 0 Å². The Hall–Kier alpha value is -0.970. The summed E-state index contributed by atoms with van der Waals surface area (Å²) in [4.78, 5) is 0.692. The van der Waals surface area contributed by atoms with Gasteiger partial charge in [0.05, 0.1) is 11.5 Å². The number of hydrogen-bond donors (Lipinski definition) is 0. The minimum atomic E-state index is -1.41. The first kappa shape index (κ1) is 13.5. The Morgan fingerprint density at radius 1 is 1.06 bits per heavy atom. The van der Waals surface area contributed by atoms with E-state index in [9.17, 15) is 4.21 Å². The average molecular weight is 325 g/mol. The van der Waals surface area contributed by atoms with Gasteiger partial charge in [0.1, 0.15) is 0 Å². The monoisotopic (exact) mass is 324 g/mol. The zero-order valence-electron chi connectivity index (χ0n) is 9.93. The predicted molar refractivity (Wildman–Crippen MR) is 76.5 cm³/mol. The Bertz CT molecular complexity index is 535. The number of aryl methyl sites for hydroxylation is 1. The number of benzene rings is 2. The normalized spacial score (nSPS) is 12.3. The SMILES string of the molecule is Cc1ccc(S(=O)OCc2ccc(Br)cc2)cc1. The van der Waals surface area contributed by atoms with E-state index in [-0.39, 0.29) is 0 Å². The summed E-state index contributed by atoms with van der Waals surface area (Å²) in [7, 11) is 0. The van der Waals surface area contributed by atoms with Crippen LogP contribution >= 0.6 is 15.9 Å². The molecule has 94 valence electrons. The molecule has 0 radical (unpaired) electrons. The predicted octanol–water partition coefficient (Wildman–Crippen LogP) is 4.00. The lowest BCUT2D eigenvalue weighted by atomic mass is 10.2. The van der Waals surface area contributed by atoms with Crippen LogP contribution < -0.4 is 0 Å². The van der Waals surface area contributed by atoms with Crippen LogP contribution in [-0.4, -0.2) is 4.21 Å². The summed E-state index contributed by atoms with van der Waals surface area (Å²) in [5, 5.41) is 0. The van der Waals surface area contributed by atoms with Crippen LogP contribution in [0.3, 0.4) is 0 Å². The molecule has 0 aromatic heterocycles. The Labute approximate surface area is 118 Å². The second kappa shape index (κ2) is 6.27. The van der Waals surface area contributed by atoms with Crippen LogP contribution in [0.5, 0.6) is 0 Å². The van der Waals surface area contributed by atoms with Gasteiger partial charge in [-0.2, -0.15) is 0 Å². The van der Waals surface area contributed by atoms with Gasteiger partial charge in [0, 0.05) is 4.47 Å². The quantitative estimate of drug-likeness (QED) is 0.849. The van der Waals surface area contributed by atoms with Gasteiger partial charge in [-0.1, -0.05) is 45.8 Å². The van der Waals surface area contributed by atoms with Crippen LogP contribution in [0, 0.1) is 6.92 Å². The Morgan fingerprint density at radius 3 is 2.28 bits per heavy atom. The lowest BCUT2D eigenvalue weighted by molar-refractivity contribution is 0.337. The molecule has 0 heterocycles. The van der Waals surface area contributed by atoms with E-state index in [0.29, 0.717) is 11.5 Å². The van der Waals surface area contributed by atoms with Crippen LogP contribution in [0.2, 0.25) is 0 Å². The van der Waals surface area contributed by atoms with Crippen molar-refractivity contribution in [1.82, 2.24) is 0 Å². The number of rotatable bonds is 4. The molecule has 0 aliphatic heterocycles. The summed E-state index contributed by atoms with van der Waals surface area (Å²) < 4.78 is 18.2. The third-order valence-electron chi connectivity index (χ3n) is 2.46. The Kier molecular flexibility index (Phi) is 4.69. The standard InChI is InChI=1S/C14H13BrO2S/c1-11-2-8-14(9-3-11)18(16)17-10-12-4-6-13(15)7-5-12/h2-9H,10H2,1H3. The molecule has 0 spiro atoms. The smallest absolute Gasteiger partial charge is 0.189 e. The molecule has 2 rings (SSSR count). The molecule has 18 heavy (non-hydrogen) atoms. The molecule has 0 amide bonds. The maximum absolute atomic E-state index is 11.9. The average Bonchev–Trinajstić information content (AvgIpc) is 2.38.